The third kappa shape index (κ3) is 3.32. The first-order chi connectivity index (χ1) is 9.53. The predicted molar refractivity (Wildman–Crippen MR) is 70.0 cm³/mol. The molecule has 4 nitrogen and oxygen atoms in total. The Bertz CT molecular complexity index is 488. The Morgan fingerprint density at radius 1 is 1.35 bits per heavy atom. The van der Waals surface area contributed by atoms with Gasteiger partial charge in [0.1, 0.15) is 0 Å². The van der Waals surface area contributed by atoms with Crippen LogP contribution < -0.4 is 11.1 Å². The van der Waals surface area contributed by atoms with E-state index in [1.807, 2.05) is 0 Å². The zero-order valence-electron chi connectivity index (χ0n) is 11.1. The Labute approximate surface area is 116 Å². The zero-order valence-corrected chi connectivity index (χ0v) is 11.1. The normalized spacial score (nSPS) is 17.8. The number of benzene rings is 1. The fourth-order valence-corrected chi connectivity index (χ4v) is 2.19. The average molecular weight is 284 g/mol. The number of carbonyl (C=O) groups is 1. The van der Waals surface area contributed by atoms with Crippen LogP contribution in [0.4, 0.5) is 8.78 Å². The Balaban J connectivity index is 1.86. The topological polar surface area (TPSA) is 64.4 Å². The number of carbonyl (C=O) groups excluding carboxylic acids is 1. The number of ether oxygens (including phenoxy) is 1. The van der Waals surface area contributed by atoms with E-state index < -0.39 is 17.2 Å². The molecule has 20 heavy (non-hydrogen) atoms. The quantitative estimate of drug-likeness (QED) is 0.871. The molecule has 1 aromatic rings. The molecule has 6 heteroatoms. The van der Waals surface area contributed by atoms with Crippen molar-refractivity contribution in [1.29, 1.82) is 0 Å². The van der Waals surface area contributed by atoms with E-state index in [0.29, 0.717) is 26.1 Å². The molecule has 110 valence electrons. The standard InChI is InChI=1S/C14H18F2N2O2/c15-11-3-1-2-10(12(11)16)4-7-18-13(19)14(17)5-8-20-9-6-14/h1-3H,4-9,17H2,(H,18,19). The van der Waals surface area contributed by atoms with Crippen molar-refractivity contribution in [2.24, 2.45) is 5.73 Å². The molecule has 1 fully saturated rings. The van der Waals surface area contributed by atoms with Crippen molar-refractivity contribution in [3.8, 4) is 0 Å². The molecule has 0 unspecified atom stereocenters. The lowest BCUT2D eigenvalue weighted by Gasteiger charge is -2.31. The van der Waals surface area contributed by atoms with E-state index in [4.69, 9.17) is 10.5 Å². The number of amides is 1. The Morgan fingerprint density at radius 2 is 2.05 bits per heavy atom. The molecular weight excluding hydrogens is 266 g/mol. The van der Waals surface area contributed by atoms with Crippen LogP contribution in [0.2, 0.25) is 0 Å². The van der Waals surface area contributed by atoms with Crippen LogP contribution in [0.25, 0.3) is 0 Å². The predicted octanol–water partition coefficient (Wildman–Crippen LogP) is 1.13. The van der Waals surface area contributed by atoms with Gasteiger partial charge in [0.15, 0.2) is 11.6 Å². The van der Waals surface area contributed by atoms with Gasteiger partial charge < -0.3 is 15.8 Å². The number of halogens is 2. The van der Waals surface area contributed by atoms with Gasteiger partial charge in [-0.3, -0.25) is 4.79 Å². The van der Waals surface area contributed by atoms with Crippen LogP contribution in [0.3, 0.4) is 0 Å². The fraction of sp³-hybridized carbons (Fsp3) is 0.500. The van der Waals surface area contributed by atoms with Crippen molar-refractivity contribution < 1.29 is 18.3 Å². The van der Waals surface area contributed by atoms with Crippen LogP contribution in [0.5, 0.6) is 0 Å². The van der Waals surface area contributed by atoms with Gasteiger partial charge in [-0.2, -0.15) is 0 Å². The van der Waals surface area contributed by atoms with Crippen molar-refractivity contribution in [3.05, 3.63) is 35.4 Å². The van der Waals surface area contributed by atoms with Gasteiger partial charge in [0.25, 0.3) is 0 Å². The van der Waals surface area contributed by atoms with Crippen molar-refractivity contribution >= 4 is 5.91 Å². The van der Waals surface area contributed by atoms with Crippen LogP contribution in [0.15, 0.2) is 18.2 Å². The van der Waals surface area contributed by atoms with E-state index in [9.17, 15) is 13.6 Å². The molecular formula is C14H18F2N2O2. The van der Waals surface area contributed by atoms with E-state index in [1.165, 1.54) is 12.1 Å². The molecule has 1 amide bonds. The van der Waals surface area contributed by atoms with Gasteiger partial charge in [0.05, 0.1) is 5.54 Å². The van der Waals surface area contributed by atoms with Gasteiger partial charge >= 0.3 is 0 Å². The lowest BCUT2D eigenvalue weighted by Crippen LogP contribution is -2.57. The van der Waals surface area contributed by atoms with E-state index in [1.54, 1.807) is 0 Å². The van der Waals surface area contributed by atoms with E-state index >= 15 is 0 Å². The highest BCUT2D eigenvalue weighted by Gasteiger charge is 2.35. The third-order valence-electron chi connectivity index (χ3n) is 3.55. The van der Waals surface area contributed by atoms with Crippen LogP contribution in [-0.4, -0.2) is 31.2 Å². The number of hydrogen-bond donors (Lipinski definition) is 2. The molecule has 0 radical (unpaired) electrons. The summed E-state index contributed by atoms with van der Waals surface area (Å²) < 4.78 is 31.6. The second-order valence-corrected chi connectivity index (χ2v) is 4.99. The summed E-state index contributed by atoms with van der Waals surface area (Å²) in [5, 5.41) is 2.68. The minimum Gasteiger partial charge on any atom is -0.381 e. The molecule has 0 aliphatic carbocycles. The first-order valence-corrected chi connectivity index (χ1v) is 6.61. The summed E-state index contributed by atoms with van der Waals surface area (Å²) in [6.45, 7) is 1.14. The van der Waals surface area contributed by atoms with Gasteiger partial charge in [-0.25, -0.2) is 8.78 Å². The molecule has 1 aromatic carbocycles. The van der Waals surface area contributed by atoms with Crippen LogP contribution in [0, 0.1) is 11.6 Å². The van der Waals surface area contributed by atoms with Crippen molar-refractivity contribution in [1.82, 2.24) is 5.32 Å². The Kier molecular flexibility index (Phi) is 4.67. The van der Waals surface area contributed by atoms with Gasteiger partial charge in [-0.15, -0.1) is 0 Å². The zero-order chi connectivity index (χ0) is 14.6. The minimum absolute atomic E-state index is 0.221. The van der Waals surface area contributed by atoms with E-state index in [-0.39, 0.29) is 24.4 Å². The maximum absolute atomic E-state index is 13.4. The SMILES string of the molecule is NC1(C(=O)NCCc2cccc(F)c2F)CCOCC1. The molecule has 0 aromatic heterocycles. The summed E-state index contributed by atoms with van der Waals surface area (Å²) in [6, 6.07) is 4.00. The van der Waals surface area contributed by atoms with Gasteiger partial charge in [-0.1, -0.05) is 12.1 Å². The first-order valence-electron chi connectivity index (χ1n) is 6.61. The molecule has 1 saturated heterocycles. The lowest BCUT2D eigenvalue weighted by molar-refractivity contribution is -0.129. The molecule has 0 spiro atoms. The third-order valence-corrected chi connectivity index (χ3v) is 3.55. The van der Waals surface area contributed by atoms with Gasteiger partial charge in [-0.05, 0) is 30.9 Å². The average Bonchev–Trinajstić information content (AvgIpc) is 2.44. The highest BCUT2D eigenvalue weighted by Crippen LogP contribution is 2.17. The maximum Gasteiger partial charge on any atom is 0.240 e. The van der Waals surface area contributed by atoms with Crippen molar-refractivity contribution in [2.45, 2.75) is 24.8 Å². The minimum atomic E-state index is -0.918. The second kappa shape index (κ2) is 6.28. The molecule has 0 bridgehead atoms. The molecule has 1 aliphatic heterocycles. The number of nitrogens with one attached hydrogen (secondary N) is 1. The fourth-order valence-electron chi connectivity index (χ4n) is 2.19. The highest BCUT2D eigenvalue weighted by atomic mass is 19.2. The second-order valence-electron chi connectivity index (χ2n) is 4.99. The number of hydrogen-bond acceptors (Lipinski definition) is 3. The van der Waals surface area contributed by atoms with E-state index in [0.717, 1.165) is 6.07 Å². The number of nitrogens with two attached hydrogens (primary N) is 1. The molecule has 1 aliphatic rings. The largest absolute Gasteiger partial charge is 0.381 e. The lowest BCUT2D eigenvalue weighted by atomic mass is 9.90. The molecule has 1 heterocycles. The smallest absolute Gasteiger partial charge is 0.240 e. The summed E-state index contributed by atoms with van der Waals surface area (Å²) >= 11 is 0. The summed E-state index contributed by atoms with van der Waals surface area (Å²) in [4.78, 5) is 12.0. The maximum atomic E-state index is 13.4. The van der Waals surface area contributed by atoms with Crippen LogP contribution >= 0.6 is 0 Å². The first kappa shape index (κ1) is 14.9. The molecule has 3 N–H and O–H groups in total. The van der Waals surface area contributed by atoms with E-state index in [2.05, 4.69) is 5.32 Å². The van der Waals surface area contributed by atoms with Gasteiger partial charge in [0, 0.05) is 19.8 Å². The molecule has 0 atom stereocenters. The monoisotopic (exact) mass is 284 g/mol. The Morgan fingerprint density at radius 3 is 2.75 bits per heavy atom. The van der Waals surface area contributed by atoms with Crippen LogP contribution in [0.1, 0.15) is 18.4 Å². The van der Waals surface area contributed by atoms with Crippen molar-refractivity contribution in [2.75, 3.05) is 19.8 Å². The summed E-state index contributed by atoms with van der Waals surface area (Å²) in [5.74, 6) is -2.01. The van der Waals surface area contributed by atoms with Gasteiger partial charge in [0.2, 0.25) is 5.91 Å². The number of rotatable bonds is 4. The summed E-state index contributed by atoms with van der Waals surface area (Å²) in [6.07, 6.45) is 1.15. The highest BCUT2D eigenvalue weighted by molar-refractivity contribution is 5.86. The Hall–Kier alpha value is -1.53. The summed E-state index contributed by atoms with van der Waals surface area (Å²) in [5.41, 5.74) is 5.33. The molecule has 0 saturated carbocycles. The van der Waals surface area contributed by atoms with Crippen LogP contribution in [-0.2, 0) is 16.0 Å². The summed E-state index contributed by atoms with van der Waals surface area (Å²) in [7, 11) is 0. The van der Waals surface area contributed by atoms with Crippen molar-refractivity contribution in [3.63, 3.8) is 0 Å². The molecule has 2 rings (SSSR count).